The highest BCUT2D eigenvalue weighted by atomic mass is 32.2. The number of carbonyl (C=O) groups excluding carboxylic acids is 2. The lowest BCUT2D eigenvalue weighted by Gasteiger charge is -2.34. The average molecular weight is 390 g/mol. The first-order valence-corrected chi connectivity index (χ1v) is 10.1. The third-order valence-corrected chi connectivity index (χ3v) is 6.47. The van der Waals surface area contributed by atoms with Crippen LogP contribution in [0, 0.1) is 0 Å². The molecule has 144 valence electrons. The molecule has 0 aromatic heterocycles. The zero-order valence-electron chi connectivity index (χ0n) is 14.8. The first kappa shape index (κ1) is 19.3. The molecule has 0 spiro atoms. The molecule has 1 heterocycles. The molecule has 3 N–H and O–H groups in total. The van der Waals surface area contributed by atoms with Crippen molar-refractivity contribution in [2.45, 2.75) is 4.90 Å². The number of hydrogen-bond acceptors (Lipinski definition) is 5. The van der Waals surface area contributed by atoms with Gasteiger partial charge in [-0.25, -0.2) is 8.42 Å². The number of nitrogens with zero attached hydrogens (tertiary/aromatic N) is 2. The smallest absolute Gasteiger partial charge is 0.243 e. The van der Waals surface area contributed by atoms with Crippen LogP contribution in [0.3, 0.4) is 0 Å². The molecule has 1 saturated heterocycles. The van der Waals surface area contributed by atoms with Crippen LogP contribution in [0.4, 0.5) is 0 Å². The third-order valence-electron chi connectivity index (χ3n) is 4.57. The van der Waals surface area contributed by atoms with Gasteiger partial charge in [-0.3, -0.25) is 9.59 Å². The van der Waals surface area contributed by atoms with Crippen molar-refractivity contribution in [1.82, 2.24) is 14.5 Å². The van der Waals surface area contributed by atoms with Crippen LogP contribution in [0.15, 0.2) is 47.4 Å². The summed E-state index contributed by atoms with van der Waals surface area (Å²) in [6.45, 7) is 0.685. The van der Waals surface area contributed by atoms with Gasteiger partial charge in [-0.05, 0) is 22.9 Å². The molecule has 0 aliphatic carbocycles. The molecule has 9 heteroatoms. The number of carbonyl (C=O) groups is 2. The monoisotopic (exact) mass is 390 g/mol. The molecule has 8 nitrogen and oxygen atoms in total. The van der Waals surface area contributed by atoms with Crippen LogP contribution in [0.25, 0.3) is 10.8 Å². The Morgan fingerprint density at radius 2 is 1.67 bits per heavy atom. The molecule has 1 fully saturated rings. The summed E-state index contributed by atoms with van der Waals surface area (Å²) in [5, 5.41) is 4.27. The molecule has 0 bridgehead atoms. The molecule has 0 saturated carbocycles. The highest BCUT2D eigenvalue weighted by molar-refractivity contribution is 7.89. The molecule has 0 atom stereocenters. The summed E-state index contributed by atoms with van der Waals surface area (Å²) in [4.78, 5) is 25.0. The molecule has 27 heavy (non-hydrogen) atoms. The van der Waals surface area contributed by atoms with Gasteiger partial charge in [0.25, 0.3) is 0 Å². The molecular formula is C18H22N4O4S. The number of nitrogens with one attached hydrogen (secondary N) is 1. The van der Waals surface area contributed by atoms with Crippen molar-refractivity contribution in [3.8, 4) is 0 Å². The molecule has 2 amide bonds. The van der Waals surface area contributed by atoms with Crippen molar-refractivity contribution in [3.63, 3.8) is 0 Å². The summed E-state index contributed by atoms with van der Waals surface area (Å²) < 4.78 is 27.2. The van der Waals surface area contributed by atoms with E-state index in [9.17, 15) is 18.0 Å². The Hall–Kier alpha value is -2.49. The second kappa shape index (κ2) is 8.03. The Balaban J connectivity index is 1.65. The Kier molecular flexibility index (Phi) is 5.73. The average Bonchev–Trinajstić information content (AvgIpc) is 2.71. The highest BCUT2D eigenvalue weighted by Gasteiger charge is 2.30. The van der Waals surface area contributed by atoms with E-state index >= 15 is 0 Å². The van der Waals surface area contributed by atoms with Crippen LogP contribution in [0.1, 0.15) is 0 Å². The molecule has 0 unspecified atom stereocenters. The van der Waals surface area contributed by atoms with Gasteiger partial charge in [0.15, 0.2) is 0 Å². The Labute approximate surface area is 158 Å². The van der Waals surface area contributed by atoms with E-state index in [4.69, 9.17) is 5.73 Å². The van der Waals surface area contributed by atoms with Crippen LogP contribution in [0.2, 0.25) is 0 Å². The minimum atomic E-state index is -3.62. The molecule has 1 aliphatic rings. The normalized spacial score (nSPS) is 15.7. The van der Waals surface area contributed by atoms with Gasteiger partial charge in [0.2, 0.25) is 21.8 Å². The molecule has 3 rings (SSSR count). The summed E-state index contributed by atoms with van der Waals surface area (Å²) >= 11 is 0. The van der Waals surface area contributed by atoms with Crippen LogP contribution >= 0.6 is 0 Å². The van der Waals surface area contributed by atoms with E-state index in [0.29, 0.717) is 0 Å². The number of nitrogens with two attached hydrogens (primary N) is 1. The van der Waals surface area contributed by atoms with E-state index in [1.807, 2.05) is 24.3 Å². The van der Waals surface area contributed by atoms with Crippen molar-refractivity contribution in [2.75, 3.05) is 39.3 Å². The quantitative estimate of drug-likeness (QED) is 0.731. The Morgan fingerprint density at radius 3 is 2.33 bits per heavy atom. The first-order chi connectivity index (χ1) is 12.9. The number of piperazine rings is 1. The van der Waals surface area contributed by atoms with Gasteiger partial charge in [-0.15, -0.1) is 0 Å². The van der Waals surface area contributed by atoms with E-state index in [1.165, 1.54) is 4.31 Å². The van der Waals surface area contributed by atoms with Gasteiger partial charge in [-0.1, -0.05) is 30.3 Å². The minimum absolute atomic E-state index is 0.131. The summed E-state index contributed by atoms with van der Waals surface area (Å²) in [6.07, 6.45) is 0. The van der Waals surface area contributed by atoms with E-state index in [0.717, 1.165) is 10.8 Å². The standard InChI is InChI=1S/C18H22N4O4S/c19-12-17(23)20-13-18(24)21-7-9-22(10-8-21)27(25,26)16-6-5-14-3-1-2-4-15(14)11-16/h1-6,11H,7-10,12-13,19H2,(H,20,23). The van der Waals surface area contributed by atoms with Crippen LogP contribution in [-0.2, 0) is 19.6 Å². The molecule has 0 radical (unpaired) electrons. The van der Waals surface area contributed by atoms with Crippen molar-refractivity contribution in [1.29, 1.82) is 0 Å². The van der Waals surface area contributed by atoms with Crippen molar-refractivity contribution in [2.24, 2.45) is 5.73 Å². The van der Waals surface area contributed by atoms with Crippen molar-refractivity contribution < 1.29 is 18.0 Å². The lowest BCUT2D eigenvalue weighted by Crippen LogP contribution is -2.52. The summed E-state index contributed by atoms with van der Waals surface area (Å²) in [7, 11) is -3.62. The van der Waals surface area contributed by atoms with Crippen LogP contribution < -0.4 is 11.1 Å². The molecule has 2 aromatic rings. The number of hydrogen-bond donors (Lipinski definition) is 2. The lowest BCUT2D eigenvalue weighted by atomic mass is 10.1. The largest absolute Gasteiger partial charge is 0.346 e. The van der Waals surface area contributed by atoms with Gasteiger partial charge >= 0.3 is 0 Å². The number of amides is 2. The van der Waals surface area contributed by atoms with Crippen LogP contribution in [-0.4, -0.2) is 68.7 Å². The van der Waals surface area contributed by atoms with Crippen LogP contribution in [0.5, 0.6) is 0 Å². The number of fused-ring (bicyclic) bond motifs is 1. The van der Waals surface area contributed by atoms with Gasteiger partial charge in [-0.2, -0.15) is 4.31 Å². The summed E-state index contributed by atoms with van der Waals surface area (Å²) in [5.74, 6) is -0.652. The SMILES string of the molecule is NCC(=O)NCC(=O)N1CCN(S(=O)(=O)c2ccc3ccccc3c2)CC1. The Bertz CT molecular complexity index is 953. The predicted molar refractivity (Wildman–Crippen MR) is 101 cm³/mol. The fraction of sp³-hybridized carbons (Fsp3) is 0.333. The Morgan fingerprint density at radius 1 is 1.00 bits per heavy atom. The lowest BCUT2D eigenvalue weighted by molar-refractivity contribution is -0.133. The summed E-state index contributed by atoms with van der Waals surface area (Å²) in [5.41, 5.74) is 5.18. The zero-order valence-corrected chi connectivity index (χ0v) is 15.6. The fourth-order valence-corrected chi connectivity index (χ4v) is 4.47. The zero-order chi connectivity index (χ0) is 19.4. The van der Waals surface area contributed by atoms with Crippen molar-refractivity contribution >= 4 is 32.6 Å². The highest BCUT2D eigenvalue weighted by Crippen LogP contribution is 2.22. The molecule has 2 aromatic carbocycles. The molecule has 1 aliphatic heterocycles. The maximum atomic E-state index is 12.9. The maximum absolute atomic E-state index is 12.9. The van der Waals surface area contributed by atoms with Crippen molar-refractivity contribution in [3.05, 3.63) is 42.5 Å². The van der Waals surface area contributed by atoms with E-state index in [1.54, 1.807) is 23.1 Å². The van der Waals surface area contributed by atoms with Gasteiger partial charge in [0, 0.05) is 26.2 Å². The minimum Gasteiger partial charge on any atom is -0.346 e. The summed E-state index contributed by atoms with van der Waals surface area (Å²) in [6, 6.07) is 12.7. The fourth-order valence-electron chi connectivity index (χ4n) is 3.01. The van der Waals surface area contributed by atoms with Gasteiger partial charge in [0.05, 0.1) is 18.0 Å². The second-order valence-corrected chi connectivity index (χ2v) is 8.21. The third kappa shape index (κ3) is 4.26. The number of benzene rings is 2. The van der Waals surface area contributed by atoms with E-state index < -0.39 is 15.9 Å². The van der Waals surface area contributed by atoms with E-state index in [2.05, 4.69) is 5.32 Å². The molecular weight excluding hydrogens is 368 g/mol. The second-order valence-electron chi connectivity index (χ2n) is 6.27. The van der Waals surface area contributed by atoms with Gasteiger partial charge in [0.1, 0.15) is 0 Å². The number of sulfonamides is 1. The van der Waals surface area contributed by atoms with Gasteiger partial charge < -0.3 is 16.0 Å². The topological polar surface area (TPSA) is 113 Å². The number of rotatable bonds is 5. The first-order valence-electron chi connectivity index (χ1n) is 8.65. The predicted octanol–water partition coefficient (Wildman–Crippen LogP) is -0.252. The maximum Gasteiger partial charge on any atom is 0.243 e. The van der Waals surface area contributed by atoms with E-state index in [-0.39, 0.29) is 50.1 Å².